The molecule has 8 heteroatoms. The van der Waals surface area contributed by atoms with E-state index in [9.17, 15) is 14.7 Å². The van der Waals surface area contributed by atoms with Crippen LogP contribution < -0.4 is 5.32 Å². The second-order valence-electron chi connectivity index (χ2n) is 13.6. The number of amides is 1. The molecule has 0 aliphatic carbocycles. The maximum atomic E-state index is 12.0. The maximum absolute atomic E-state index is 12.0. The lowest BCUT2D eigenvalue weighted by Crippen LogP contribution is -2.45. The number of aliphatic hydroxyl groups is 1. The molecule has 2 aromatic carbocycles. The number of carboxylic acid groups (broad SMARTS) is 1. The van der Waals surface area contributed by atoms with Crippen molar-refractivity contribution in [2.24, 2.45) is 5.92 Å². The van der Waals surface area contributed by atoms with Gasteiger partial charge in [-0.2, -0.15) is 0 Å². The number of ether oxygens (including phenoxy) is 2. The molecule has 1 fully saturated rings. The lowest BCUT2D eigenvalue weighted by atomic mass is 9.90. The summed E-state index contributed by atoms with van der Waals surface area (Å²) in [7, 11) is 0. The molecule has 3 rings (SSSR count). The SMILES string of the molecule is CCCCCCCCN(CCCCCCCC)C[C@H]1O[C@@H](c2ccc(CNC(=O)CCC(=O)O)cc2)O[C@@H](c2ccc(CO)cc2)[C@H]1C. The van der Waals surface area contributed by atoms with Gasteiger partial charge in [-0.1, -0.05) is 134 Å². The van der Waals surface area contributed by atoms with Crippen LogP contribution in [0.1, 0.15) is 145 Å². The summed E-state index contributed by atoms with van der Waals surface area (Å²) in [5.41, 5.74) is 3.80. The van der Waals surface area contributed by atoms with E-state index in [1.54, 1.807) is 0 Å². The Balaban J connectivity index is 1.73. The number of hydrogen-bond acceptors (Lipinski definition) is 6. The van der Waals surface area contributed by atoms with Gasteiger partial charge in [0.25, 0.3) is 0 Å². The quantitative estimate of drug-likeness (QED) is 0.0965. The predicted octanol–water partition coefficient (Wildman–Crippen LogP) is 8.47. The number of unbranched alkanes of at least 4 members (excludes halogenated alkanes) is 10. The van der Waals surface area contributed by atoms with E-state index in [1.807, 2.05) is 36.4 Å². The molecular weight excluding hydrogens is 604 g/mol. The van der Waals surface area contributed by atoms with Crippen LogP contribution in [0.4, 0.5) is 0 Å². The van der Waals surface area contributed by atoms with Gasteiger partial charge in [0.2, 0.25) is 5.91 Å². The summed E-state index contributed by atoms with van der Waals surface area (Å²) >= 11 is 0. The highest BCUT2D eigenvalue weighted by atomic mass is 16.7. The van der Waals surface area contributed by atoms with Crippen LogP contribution in [-0.2, 0) is 32.2 Å². The Bertz CT molecular complexity index is 1160. The van der Waals surface area contributed by atoms with Crippen LogP contribution in [0.3, 0.4) is 0 Å². The van der Waals surface area contributed by atoms with Crippen LogP contribution in [0, 0.1) is 5.92 Å². The molecule has 1 amide bonds. The van der Waals surface area contributed by atoms with Crippen molar-refractivity contribution in [3.8, 4) is 0 Å². The Morgan fingerprint density at radius 3 is 1.83 bits per heavy atom. The summed E-state index contributed by atoms with van der Waals surface area (Å²) in [6, 6.07) is 16.0. The molecule has 0 aromatic heterocycles. The summed E-state index contributed by atoms with van der Waals surface area (Å²) in [5.74, 6) is -1.14. The van der Waals surface area contributed by atoms with E-state index in [2.05, 4.69) is 43.1 Å². The molecule has 0 bridgehead atoms. The lowest BCUT2D eigenvalue weighted by molar-refractivity contribution is -0.276. The van der Waals surface area contributed by atoms with Gasteiger partial charge in [0.1, 0.15) is 0 Å². The molecule has 48 heavy (non-hydrogen) atoms. The van der Waals surface area contributed by atoms with Crippen molar-refractivity contribution in [3.63, 3.8) is 0 Å². The number of hydrogen-bond donors (Lipinski definition) is 3. The van der Waals surface area contributed by atoms with Crippen molar-refractivity contribution in [1.82, 2.24) is 10.2 Å². The first-order valence-corrected chi connectivity index (χ1v) is 18.6. The van der Waals surface area contributed by atoms with Gasteiger partial charge in [-0.3, -0.25) is 9.59 Å². The zero-order valence-corrected chi connectivity index (χ0v) is 29.8. The highest BCUT2D eigenvalue weighted by Crippen LogP contribution is 2.42. The fourth-order valence-electron chi connectivity index (χ4n) is 6.41. The standard InChI is InChI=1S/C40H62N2O6/c1-4-6-8-10-12-14-26-42(27-15-13-11-9-7-5-2)29-36-31(3)39(34-20-18-33(30-43)19-21-34)48-40(47-36)35-22-16-32(17-23-35)28-41-37(44)24-25-38(45)46/h16-23,31,36,39-40,43H,4-15,24-30H2,1-3H3,(H,41,44)(H,45,46)/t31-,36+,39+,40+/m0/s1. The van der Waals surface area contributed by atoms with E-state index in [4.69, 9.17) is 14.6 Å². The van der Waals surface area contributed by atoms with E-state index >= 15 is 0 Å². The Kier molecular flexibility index (Phi) is 18.8. The van der Waals surface area contributed by atoms with Gasteiger partial charge in [-0.15, -0.1) is 0 Å². The second kappa shape index (κ2) is 22.8. The molecule has 1 heterocycles. The van der Waals surface area contributed by atoms with Crippen LogP contribution in [-0.4, -0.2) is 52.7 Å². The van der Waals surface area contributed by atoms with Crippen molar-refractivity contribution in [2.45, 2.75) is 142 Å². The smallest absolute Gasteiger partial charge is 0.303 e. The number of aliphatic hydroxyl groups excluding tert-OH is 1. The Labute approximate surface area is 289 Å². The molecule has 1 aliphatic heterocycles. The molecule has 1 aliphatic rings. The summed E-state index contributed by atoms with van der Waals surface area (Å²) < 4.78 is 13.5. The van der Waals surface area contributed by atoms with Gasteiger partial charge in [-0.25, -0.2) is 0 Å². The molecule has 0 radical (unpaired) electrons. The second-order valence-corrected chi connectivity index (χ2v) is 13.6. The monoisotopic (exact) mass is 666 g/mol. The van der Waals surface area contributed by atoms with E-state index in [1.165, 1.54) is 77.0 Å². The zero-order chi connectivity index (χ0) is 34.6. The summed E-state index contributed by atoms with van der Waals surface area (Å²) in [6.45, 7) is 10.1. The van der Waals surface area contributed by atoms with Crippen LogP contribution in [0.15, 0.2) is 48.5 Å². The average Bonchev–Trinajstić information content (AvgIpc) is 3.10. The normalized spacial score (nSPS) is 19.4. The first-order valence-electron chi connectivity index (χ1n) is 18.6. The fraction of sp³-hybridized carbons (Fsp3) is 0.650. The number of nitrogens with zero attached hydrogens (tertiary/aromatic N) is 1. The number of nitrogens with one attached hydrogen (secondary N) is 1. The summed E-state index contributed by atoms with van der Waals surface area (Å²) in [6.07, 6.45) is 14.4. The number of rotatable bonds is 24. The third-order valence-corrected chi connectivity index (χ3v) is 9.52. The minimum atomic E-state index is -0.981. The highest BCUT2D eigenvalue weighted by Gasteiger charge is 2.39. The number of carbonyl (C=O) groups excluding carboxylic acids is 1. The van der Waals surface area contributed by atoms with E-state index < -0.39 is 12.3 Å². The highest BCUT2D eigenvalue weighted by molar-refractivity contribution is 5.80. The summed E-state index contributed by atoms with van der Waals surface area (Å²) in [5, 5.41) is 21.3. The van der Waals surface area contributed by atoms with Gasteiger partial charge in [0.05, 0.1) is 25.2 Å². The number of carbonyl (C=O) groups is 2. The van der Waals surface area contributed by atoms with E-state index in [-0.39, 0.29) is 43.5 Å². The molecule has 268 valence electrons. The van der Waals surface area contributed by atoms with Crippen molar-refractivity contribution in [1.29, 1.82) is 0 Å². The molecule has 0 unspecified atom stereocenters. The van der Waals surface area contributed by atoms with E-state index in [0.29, 0.717) is 6.54 Å². The first-order chi connectivity index (χ1) is 23.3. The Morgan fingerprint density at radius 1 is 0.729 bits per heavy atom. The number of carboxylic acids is 1. The van der Waals surface area contributed by atoms with Gasteiger partial charge in [-0.05, 0) is 42.6 Å². The molecule has 2 aromatic rings. The van der Waals surface area contributed by atoms with Gasteiger partial charge in [0.15, 0.2) is 6.29 Å². The first kappa shape index (κ1) is 39.7. The Morgan fingerprint density at radius 2 is 1.27 bits per heavy atom. The van der Waals surface area contributed by atoms with Gasteiger partial charge < -0.3 is 29.9 Å². The van der Waals surface area contributed by atoms with Gasteiger partial charge in [0, 0.05) is 31.0 Å². The molecule has 1 saturated heterocycles. The fourth-order valence-corrected chi connectivity index (χ4v) is 6.41. The molecule has 4 atom stereocenters. The topological polar surface area (TPSA) is 108 Å². The van der Waals surface area contributed by atoms with E-state index in [0.717, 1.165) is 41.9 Å². The van der Waals surface area contributed by atoms with Gasteiger partial charge >= 0.3 is 5.97 Å². The minimum absolute atomic E-state index is 0.00787. The minimum Gasteiger partial charge on any atom is -0.481 e. The molecule has 0 spiro atoms. The lowest BCUT2D eigenvalue weighted by Gasteiger charge is -2.43. The van der Waals surface area contributed by atoms with Crippen molar-refractivity contribution in [3.05, 3.63) is 70.8 Å². The van der Waals surface area contributed by atoms with Crippen molar-refractivity contribution >= 4 is 11.9 Å². The van der Waals surface area contributed by atoms with Crippen LogP contribution in [0.2, 0.25) is 0 Å². The summed E-state index contributed by atoms with van der Waals surface area (Å²) in [4.78, 5) is 25.4. The number of aliphatic carboxylic acids is 1. The van der Waals surface area contributed by atoms with Crippen LogP contribution in [0.25, 0.3) is 0 Å². The third-order valence-electron chi connectivity index (χ3n) is 9.52. The molecule has 8 nitrogen and oxygen atoms in total. The molecular formula is C40H62N2O6. The third kappa shape index (κ3) is 14.4. The average molecular weight is 667 g/mol. The molecule has 3 N–H and O–H groups in total. The maximum Gasteiger partial charge on any atom is 0.303 e. The largest absolute Gasteiger partial charge is 0.481 e. The van der Waals surface area contributed by atoms with Crippen LogP contribution >= 0.6 is 0 Å². The Hall–Kier alpha value is -2.78. The van der Waals surface area contributed by atoms with Crippen molar-refractivity contribution < 1.29 is 29.3 Å². The van der Waals surface area contributed by atoms with Crippen LogP contribution in [0.5, 0.6) is 0 Å². The molecule has 0 saturated carbocycles. The zero-order valence-electron chi connectivity index (χ0n) is 29.8. The van der Waals surface area contributed by atoms with Crippen molar-refractivity contribution in [2.75, 3.05) is 19.6 Å². The number of benzene rings is 2. The predicted molar refractivity (Wildman–Crippen MR) is 191 cm³/mol.